The van der Waals surface area contributed by atoms with E-state index in [0.29, 0.717) is 17.1 Å². The Morgan fingerprint density at radius 3 is 2.96 bits per heavy atom. The molecular formula is C16H15N5O2. The van der Waals surface area contributed by atoms with Crippen LogP contribution in [0.3, 0.4) is 0 Å². The monoisotopic (exact) mass is 309 g/mol. The summed E-state index contributed by atoms with van der Waals surface area (Å²) < 4.78 is 1.75. The summed E-state index contributed by atoms with van der Waals surface area (Å²) in [6.07, 6.45) is 6.63. The molecule has 2 heterocycles. The predicted molar refractivity (Wildman–Crippen MR) is 85.4 cm³/mol. The van der Waals surface area contributed by atoms with Gasteiger partial charge in [-0.1, -0.05) is 5.21 Å². The highest BCUT2D eigenvalue weighted by molar-refractivity contribution is 6.03. The summed E-state index contributed by atoms with van der Waals surface area (Å²) in [5.41, 5.74) is 1.47. The molecule has 2 N–H and O–H groups in total. The molecule has 7 nitrogen and oxygen atoms in total. The normalized spacial score (nSPS) is 14.6. The van der Waals surface area contributed by atoms with Crippen molar-refractivity contribution < 1.29 is 4.79 Å². The van der Waals surface area contributed by atoms with Gasteiger partial charge in [-0.3, -0.25) is 9.59 Å². The van der Waals surface area contributed by atoms with Crippen LogP contribution in [0, 0.1) is 0 Å². The average Bonchev–Trinajstić information content (AvgIpc) is 2.96. The molecule has 1 aliphatic carbocycles. The lowest BCUT2D eigenvalue weighted by molar-refractivity contribution is 0.102. The number of aromatic nitrogens is 4. The number of H-pyrrole nitrogens is 1. The lowest BCUT2D eigenvalue weighted by Crippen LogP contribution is -2.17. The summed E-state index contributed by atoms with van der Waals surface area (Å²) in [6, 6.07) is 6.98. The van der Waals surface area contributed by atoms with Crippen LogP contribution in [0.25, 0.3) is 10.9 Å². The van der Waals surface area contributed by atoms with Gasteiger partial charge in [0.25, 0.3) is 5.91 Å². The van der Waals surface area contributed by atoms with Gasteiger partial charge in [-0.05, 0) is 37.5 Å². The Kier molecular flexibility index (Phi) is 3.18. The molecule has 0 atom stereocenters. The lowest BCUT2D eigenvalue weighted by Gasteiger charge is -2.24. The molecule has 1 saturated carbocycles. The van der Waals surface area contributed by atoms with Crippen molar-refractivity contribution in [2.45, 2.75) is 25.3 Å². The maximum absolute atomic E-state index is 12.3. The van der Waals surface area contributed by atoms with E-state index in [1.54, 1.807) is 35.3 Å². The number of rotatable bonds is 3. The number of hydrogen-bond acceptors (Lipinski definition) is 4. The fraction of sp³-hybridized carbons (Fsp3) is 0.250. The van der Waals surface area contributed by atoms with Gasteiger partial charge in [0, 0.05) is 28.9 Å². The van der Waals surface area contributed by atoms with Crippen molar-refractivity contribution in [3.05, 3.63) is 52.6 Å². The van der Waals surface area contributed by atoms with Gasteiger partial charge in [0.15, 0.2) is 11.1 Å². The maximum atomic E-state index is 12.3. The van der Waals surface area contributed by atoms with Gasteiger partial charge in [0.1, 0.15) is 0 Å². The minimum Gasteiger partial charge on any atom is -0.361 e. The van der Waals surface area contributed by atoms with Crippen molar-refractivity contribution in [1.82, 2.24) is 20.0 Å². The Balaban J connectivity index is 1.57. The van der Waals surface area contributed by atoms with Crippen molar-refractivity contribution in [3.8, 4) is 0 Å². The van der Waals surface area contributed by atoms with Crippen LogP contribution < -0.4 is 10.7 Å². The van der Waals surface area contributed by atoms with Gasteiger partial charge in [-0.2, -0.15) is 0 Å². The van der Waals surface area contributed by atoms with Crippen LogP contribution in [-0.2, 0) is 0 Å². The van der Waals surface area contributed by atoms with Crippen molar-refractivity contribution in [2.24, 2.45) is 0 Å². The van der Waals surface area contributed by atoms with Gasteiger partial charge < -0.3 is 10.3 Å². The fourth-order valence-electron chi connectivity index (χ4n) is 2.65. The number of carbonyl (C=O) groups excluding carboxylic acids is 1. The van der Waals surface area contributed by atoms with Crippen LogP contribution in [0.1, 0.15) is 35.8 Å². The molecule has 0 unspecified atom stereocenters. The highest BCUT2D eigenvalue weighted by atomic mass is 16.2. The second-order valence-electron chi connectivity index (χ2n) is 5.72. The molecule has 0 bridgehead atoms. The van der Waals surface area contributed by atoms with Crippen LogP contribution in [0.15, 0.2) is 41.5 Å². The first kappa shape index (κ1) is 13.7. The van der Waals surface area contributed by atoms with E-state index in [2.05, 4.69) is 20.6 Å². The third-order valence-electron chi connectivity index (χ3n) is 4.21. The minimum absolute atomic E-state index is 0.0919. The Morgan fingerprint density at radius 2 is 2.17 bits per heavy atom. The molecule has 0 spiro atoms. The lowest BCUT2D eigenvalue weighted by atomic mass is 9.93. The van der Waals surface area contributed by atoms with Gasteiger partial charge in [-0.25, -0.2) is 4.68 Å². The van der Waals surface area contributed by atoms with Crippen molar-refractivity contribution >= 4 is 22.5 Å². The molecule has 1 aliphatic rings. The third kappa shape index (κ3) is 2.50. The largest absolute Gasteiger partial charge is 0.361 e. The zero-order valence-corrected chi connectivity index (χ0v) is 12.3. The molecule has 4 rings (SSSR count). The predicted octanol–water partition coefficient (Wildman–Crippen LogP) is 2.10. The SMILES string of the molecule is O=C(Nc1ccc2[nH]ccc(=O)c2c1)c1cn(C2CCC2)nn1. The molecule has 1 amide bonds. The fourth-order valence-corrected chi connectivity index (χ4v) is 2.65. The highest BCUT2D eigenvalue weighted by Crippen LogP contribution is 2.30. The molecule has 7 heteroatoms. The molecule has 116 valence electrons. The molecule has 3 aromatic rings. The molecule has 0 radical (unpaired) electrons. The summed E-state index contributed by atoms with van der Waals surface area (Å²) >= 11 is 0. The first-order valence-corrected chi connectivity index (χ1v) is 7.55. The quantitative estimate of drug-likeness (QED) is 0.775. The second-order valence-corrected chi connectivity index (χ2v) is 5.72. The standard InChI is InChI=1S/C16H15N5O2/c22-15-6-7-17-13-5-4-10(8-12(13)15)18-16(23)14-9-21(20-19-14)11-2-1-3-11/h4-9,11H,1-3H2,(H,17,22)(H,18,23). The van der Waals surface area contributed by atoms with Gasteiger partial charge >= 0.3 is 0 Å². The Bertz CT molecular complexity index is 939. The number of nitrogens with one attached hydrogen (secondary N) is 2. The van der Waals surface area contributed by atoms with Crippen molar-refractivity contribution in [1.29, 1.82) is 0 Å². The zero-order valence-electron chi connectivity index (χ0n) is 12.3. The number of benzene rings is 1. The second kappa shape index (κ2) is 5.35. The first-order chi connectivity index (χ1) is 11.2. The van der Waals surface area contributed by atoms with Crippen LogP contribution >= 0.6 is 0 Å². The van der Waals surface area contributed by atoms with Gasteiger partial charge in [0.2, 0.25) is 0 Å². The zero-order chi connectivity index (χ0) is 15.8. The van der Waals surface area contributed by atoms with Crippen LogP contribution in [0.4, 0.5) is 5.69 Å². The number of pyridine rings is 1. The third-order valence-corrected chi connectivity index (χ3v) is 4.21. The summed E-state index contributed by atoms with van der Waals surface area (Å²) in [6.45, 7) is 0. The average molecular weight is 309 g/mol. The number of fused-ring (bicyclic) bond motifs is 1. The maximum Gasteiger partial charge on any atom is 0.277 e. The Morgan fingerprint density at radius 1 is 1.30 bits per heavy atom. The van der Waals surface area contributed by atoms with Crippen molar-refractivity contribution in [3.63, 3.8) is 0 Å². The molecule has 0 aliphatic heterocycles. The molecular weight excluding hydrogens is 294 g/mol. The van der Waals surface area contributed by atoms with E-state index in [0.717, 1.165) is 18.4 Å². The molecule has 1 fully saturated rings. The number of amides is 1. The number of nitrogens with zero attached hydrogens (tertiary/aromatic N) is 3. The minimum atomic E-state index is -0.331. The summed E-state index contributed by atoms with van der Waals surface area (Å²) in [7, 11) is 0. The van der Waals surface area contributed by atoms with E-state index >= 15 is 0 Å². The van der Waals surface area contributed by atoms with Crippen LogP contribution in [0.5, 0.6) is 0 Å². The van der Waals surface area contributed by atoms with E-state index in [1.807, 2.05) is 0 Å². The number of hydrogen-bond donors (Lipinski definition) is 2. The summed E-state index contributed by atoms with van der Waals surface area (Å²) in [5, 5.41) is 11.2. The van der Waals surface area contributed by atoms with E-state index in [-0.39, 0.29) is 17.0 Å². The van der Waals surface area contributed by atoms with E-state index < -0.39 is 0 Å². The van der Waals surface area contributed by atoms with E-state index in [4.69, 9.17) is 0 Å². The molecule has 1 aromatic carbocycles. The topological polar surface area (TPSA) is 92.7 Å². The van der Waals surface area contributed by atoms with E-state index in [9.17, 15) is 9.59 Å². The molecule has 0 saturated heterocycles. The molecule has 23 heavy (non-hydrogen) atoms. The van der Waals surface area contributed by atoms with Crippen molar-refractivity contribution in [2.75, 3.05) is 5.32 Å². The number of anilines is 1. The summed E-state index contributed by atoms with van der Waals surface area (Å²) in [4.78, 5) is 27.1. The smallest absolute Gasteiger partial charge is 0.277 e. The van der Waals surface area contributed by atoms with Gasteiger partial charge in [-0.15, -0.1) is 5.10 Å². The number of carbonyl (C=O) groups is 1. The molecule has 2 aromatic heterocycles. The summed E-state index contributed by atoms with van der Waals surface area (Å²) in [5.74, 6) is -0.331. The van der Waals surface area contributed by atoms with E-state index in [1.165, 1.54) is 12.5 Å². The van der Waals surface area contributed by atoms with Gasteiger partial charge in [0.05, 0.1) is 12.2 Å². The van der Waals surface area contributed by atoms with Crippen LogP contribution in [-0.4, -0.2) is 25.9 Å². The highest BCUT2D eigenvalue weighted by Gasteiger charge is 2.22. The number of aromatic amines is 1. The first-order valence-electron chi connectivity index (χ1n) is 7.55. The Labute approximate surface area is 131 Å². The van der Waals surface area contributed by atoms with Crippen LogP contribution in [0.2, 0.25) is 0 Å². The Hall–Kier alpha value is -2.96.